The Morgan fingerprint density at radius 1 is 0.556 bits per heavy atom. The van der Waals surface area contributed by atoms with Crippen molar-refractivity contribution in [2.75, 3.05) is 10.1 Å². The van der Waals surface area contributed by atoms with Crippen molar-refractivity contribution in [2.45, 2.75) is 46.1 Å². The largest absolute Gasteiger partial charge is 0.294 e. The Bertz CT molecular complexity index is 2590. The van der Waals surface area contributed by atoms with E-state index in [0.29, 0.717) is 5.92 Å². The van der Waals surface area contributed by atoms with Gasteiger partial charge in [-0.2, -0.15) is 5.06 Å². The van der Waals surface area contributed by atoms with E-state index < -0.39 is 8.07 Å². The van der Waals surface area contributed by atoms with Gasteiger partial charge in [-0.25, -0.2) is 10.0 Å². The standard InChI is InChI=1S/C48H44N4OSi/c1-34(2)35-29-30-49-47(31-35)50-43-24-13-12-23-41(43)42-28-27-40(33-46(42)50)54(37-18-8-6-9-19-37,38-20-10-7-11-21-38)39-22-16-17-36(32-39)51-44-25-14-15-26-45(44)52(53-51)48(3,4)5/h6-34H,1-5H3. The van der Waals surface area contributed by atoms with E-state index in [2.05, 4.69) is 203 Å². The van der Waals surface area contributed by atoms with Crippen LogP contribution in [0.15, 0.2) is 170 Å². The Morgan fingerprint density at radius 3 is 1.87 bits per heavy atom. The van der Waals surface area contributed by atoms with Crippen molar-refractivity contribution in [1.29, 1.82) is 0 Å². The monoisotopic (exact) mass is 720 g/mol. The Hall–Kier alpha value is -5.95. The Kier molecular flexibility index (Phi) is 8.25. The van der Waals surface area contributed by atoms with E-state index in [1.165, 1.54) is 37.1 Å². The molecule has 266 valence electrons. The zero-order valence-electron chi connectivity index (χ0n) is 31.4. The van der Waals surface area contributed by atoms with Crippen LogP contribution in [-0.2, 0) is 4.94 Å². The molecule has 2 aromatic heterocycles. The van der Waals surface area contributed by atoms with Crippen LogP contribution < -0.4 is 30.9 Å². The van der Waals surface area contributed by atoms with Gasteiger partial charge in [0.15, 0.2) is 8.07 Å². The molecule has 0 radical (unpaired) electrons. The van der Waals surface area contributed by atoms with Crippen LogP contribution in [0.5, 0.6) is 0 Å². The summed E-state index contributed by atoms with van der Waals surface area (Å²) in [5.74, 6) is 1.33. The van der Waals surface area contributed by atoms with Gasteiger partial charge in [-0.1, -0.05) is 129 Å². The summed E-state index contributed by atoms with van der Waals surface area (Å²) >= 11 is 0. The first kappa shape index (κ1) is 33.9. The number of rotatable bonds is 7. The minimum absolute atomic E-state index is 0.244. The summed E-state index contributed by atoms with van der Waals surface area (Å²) in [7, 11) is -2.98. The third-order valence-corrected chi connectivity index (χ3v) is 15.5. The molecule has 1 aliphatic rings. The normalized spacial score (nSPS) is 13.3. The molecule has 0 saturated carbocycles. The average Bonchev–Trinajstić information content (AvgIpc) is 3.76. The van der Waals surface area contributed by atoms with E-state index in [4.69, 9.17) is 9.92 Å². The molecule has 0 spiro atoms. The summed E-state index contributed by atoms with van der Waals surface area (Å²) in [4.78, 5) is 11.7. The number of aromatic nitrogens is 2. The Labute approximate surface area is 318 Å². The minimum atomic E-state index is -2.98. The molecule has 6 heteroatoms. The summed E-state index contributed by atoms with van der Waals surface area (Å²) in [5, 5.41) is 11.6. The van der Waals surface area contributed by atoms with Crippen LogP contribution in [0.2, 0.25) is 0 Å². The number of fused-ring (bicyclic) bond motifs is 4. The zero-order chi connectivity index (χ0) is 37.0. The third-order valence-electron chi connectivity index (χ3n) is 10.8. The van der Waals surface area contributed by atoms with Gasteiger partial charge >= 0.3 is 0 Å². The lowest BCUT2D eigenvalue weighted by Gasteiger charge is -2.35. The molecule has 9 rings (SSSR count). The number of hydroxylamine groups is 1. The molecule has 0 amide bonds. The first-order chi connectivity index (χ1) is 26.2. The van der Waals surface area contributed by atoms with Gasteiger partial charge in [-0.3, -0.25) is 4.57 Å². The van der Waals surface area contributed by atoms with Gasteiger partial charge in [0, 0.05) is 17.0 Å². The molecule has 1 aliphatic heterocycles. The lowest BCUT2D eigenvalue weighted by atomic mass is 10.1. The van der Waals surface area contributed by atoms with Crippen LogP contribution in [0, 0.1) is 0 Å². The van der Waals surface area contributed by atoms with E-state index in [0.717, 1.165) is 33.9 Å². The molecule has 0 aliphatic carbocycles. The summed E-state index contributed by atoms with van der Waals surface area (Å²) in [6.45, 7) is 11.0. The van der Waals surface area contributed by atoms with E-state index in [9.17, 15) is 0 Å². The van der Waals surface area contributed by atoms with Crippen LogP contribution in [0.4, 0.5) is 17.1 Å². The summed E-state index contributed by atoms with van der Waals surface area (Å²) in [6, 6.07) is 60.0. The quantitative estimate of drug-likeness (QED) is 0.121. The topological polar surface area (TPSA) is 33.5 Å². The number of hydrogen-bond donors (Lipinski definition) is 0. The molecular formula is C48H44N4OSi. The summed E-state index contributed by atoms with van der Waals surface area (Å²) < 4.78 is 2.36. The fourth-order valence-corrected chi connectivity index (χ4v) is 13.0. The third kappa shape index (κ3) is 5.44. The van der Waals surface area contributed by atoms with Crippen molar-refractivity contribution < 1.29 is 4.94 Å². The molecule has 5 nitrogen and oxygen atoms in total. The van der Waals surface area contributed by atoms with Gasteiger partial charge in [0.25, 0.3) is 0 Å². The predicted octanol–water partition coefficient (Wildman–Crippen LogP) is 9.28. The second-order valence-corrected chi connectivity index (χ2v) is 19.4. The van der Waals surface area contributed by atoms with Crippen LogP contribution in [0.25, 0.3) is 27.6 Å². The molecule has 6 aromatic carbocycles. The van der Waals surface area contributed by atoms with Gasteiger partial charge < -0.3 is 0 Å². The van der Waals surface area contributed by atoms with E-state index >= 15 is 0 Å². The fourth-order valence-electron chi connectivity index (χ4n) is 8.26. The molecule has 0 atom stereocenters. The van der Waals surface area contributed by atoms with Gasteiger partial charge in [-0.15, -0.1) is 4.94 Å². The second-order valence-electron chi connectivity index (χ2n) is 15.5. The van der Waals surface area contributed by atoms with Gasteiger partial charge in [0.1, 0.15) is 5.82 Å². The molecule has 0 unspecified atom stereocenters. The predicted molar refractivity (Wildman–Crippen MR) is 228 cm³/mol. The highest BCUT2D eigenvalue weighted by molar-refractivity contribution is 7.20. The lowest BCUT2D eigenvalue weighted by Crippen LogP contribution is -2.74. The maximum atomic E-state index is 6.72. The van der Waals surface area contributed by atoms with Crippen LogP contribution in [0.1, 0.15) is 46.1 Å². The first-order valence-corrected chi connectivity index (χ1v) is 20.8. The van der Waals surface area contributed by atoms with Crippen molar-refractivity contribution in [3.05, 3.63) is 176 Å². The van der Waals surface area contributed by atoms with Crippen LogP contribution >= 0.6 is 0 Å². The summed E-state index contributed by atoms with van der Waals surface area (Å²) in [6.07, 6.45) is 1.95. The van der Waals surface area contributed by atoms with Crippen molar-refractivity contribution in [2.24, 2.45) is 0 Å². The number of para-hydroxylation sites is 3. The maximum Gasteiger partial charge on any atom is 0.179 e. The lowest BCUT2D eigenvalue weighted by molar-refractivity contribution is 0.0843. The molecular weight excluding hydrogens is 677 g/mol. The van der Waals surface area contributed by atoms with Crippen molar-refractivity contribution >= 4 is 67.7 Å². The minimum Gasteiger partial charge on any atom is -0.294 e. The molecule has 0 fully saturated rings. The van der Waals surface area contributed by atoms with Gasteiger partial charge in [0.2, 0.25) is 0 Å². The molecule has 0 saturated heterocycles. The SMILES string of the molecule is CC(C)c1ccnc(-n2c3ccccc3c3ccc([Si](c4ccccc4)(c4ccccc4)c4cccc(N5ON(C(C)(C)C)c6ccccc65)c4)cc32)c1. The van der Waals surface area contributed by atoms with Gasteiger partial charge in [-0.05, 0) is 102 Å². The molecule has 3 heterocycles. The highest BCUT2D eigenvalue weighted by Gasteiger charge is 2.43. The highest BCUT2D eigenvalue weighted by atomic mass is 28.3. The second kappa shape index (κ2) is 13.2. The first-order valence-electron chi connectivity index (χ1n) is 18.8. The fraction of sp³-hybridized carbons (Fsp3) is 0.146. The highest BCUT2D eigenvalue weighted by Crippen LogP contribution is 2.44. The Morgan fingerprint density at radius 2 is 1.17 bits per heavy atom. The van der Waals surface area contributed by atoms with E-state index in [-0.39, 0.29) is 5.54 Å². The number of hydrogen-bond acceptors (Lipinski definition) is 4. The van der Waals surface area contributed by atoms with Crippen molar-refractivity contribution in [3.63, 3.8) is 0 Å². The number of pyridine rings is 1. The van der Waals surface area contributed by atoms with E-state index in [1.807, 2.05) is 16.3 Å². The number of benzene rings is 6. The Balaban J connectivity index is 1.33. The molecule has 0 N–H and O–H groups in total. The molecule has 8 aromatic rings. The van der Waals surface area contributed by atoms with Crippen molar-refractivity contribution in [3.8, 4) is 5.82 Å². The average molecular weight is 721 g/mol. The van der Waals surface area contributed by atoms with Crippen LogP contribution in [-0.4, -0.2) is 23.2 Å². The molecule has 0 bridgehead atoms. The van der Waals surface area contributed by atoms with E-state index in [1.54, 1.807) is 0 Å². The maximum absolute atomic E-state index is 6.72. The summed E-state index contributed by atoms with van der Waals surface area (Å²) in [5.41, 5.74) is 6.40. The zero-order valence-corrected chi connectivity index (χ0v) is 32.4. The van der Waals surface area contributed by atoms with Crippen molar-refractivity contribution in [1.82, 2.24) is 9.55 Å². The molecule has 54 heavy (non-hydrogen) atoms. The van der Waals surface area contributed by atoms with Crippen LogP contribution in [0.3, 0.4) is 0 Å². The smallest absolute Gasteiger partial charge is 0.179 e. The van der Waals surface area contributed by atoms with Gasteiger partial charge in [0.05, 0.1) is 33.6 Å². The number of anilines is 3. The number of nitrogens with zero attached hydrogens (tertiary/aromatic N) is 4.